The first-order valence-electron chi connectivity index (χ1n) is 8.40. The lowest BCUT2D eigenvalue weighted by Gasteiger charge is -2.43. The molecule has 120 valence electrons. The Bertz CT molecular complexity index is 258. The van der Waals surface area contributed by atoms with Crippen molar-refractivity contribution in [3.63, 3.8) is 0 Å². The fraction of sp³-hybridized carbons (Fsp3) is 1.00. The second-order valence-corrected chi connectivity index (χ2v) is 7.61. The van der Waals surface area contributed by atoms with E-state index in [0.29, 0.717) is 17.5 Å². The predicted octanol–water partition coefficient (Wildman–Crippen LogP) is 3.15. The van der Waals surface area contributed by atoms with Crippen molar-refractivity contribution in [3.05, 3.63) is 0 Å². The van der Waals surface area contributed by atoms with Gasteiger partial charge in [-0.15, -0.1) is 0 Å². The summed E-state index contributed by atoms with van der Waals surface area (Å²) in [6.07, 6.45) is 2.49. The van der Waals surface area contributed by atoms with Gasteiger partial charge in [0, 0.05) is 43.7 Å². The van der Waals surface area contributed by atoms with Gasteiger partial charge in [0.05, 0.1) is 6.61 Å². The smallest absolute Gasteiger partial charge is 0.0546 e. The summed E-state index contributed by atoms with van der Waals surface area (Å²) >= 11 is 0. The van der Waals surface area contributed by atoms with Crippen LogP contribution in [0.2, 0.25) is 0 Å². The molecular formula is C17H36N2O. The average Bonchev–Trinajstić information content (AvgIpc) is 2.36. The largest absolute Gasteiger partial charge is 0.381 e. The van der Waals surface area contributed by atoms with E-state index < -0.39 is 0 Å². The van der Waals surface area contributed by atoms with E-state index in [1.807, 2.05) is 0 Å². The van der Waals surface area contributed by atoms with Crippen molar-refractivity contribution in [1.29, 1.82) is 0 Å². The van der Waals surface area contributed by atoms with Gasteiger partial charge >= 0.3 is 0 Å². The van der Waals surface area contributed by atoms with E-state index in [-0.39, 0.29) is 0 Å². The Kier molecular flexibility index (Phi) is 7.49. The van der Waals surface area contributed by atoms with E-state index in [0.717, 1.165) is 32.2 Å². The Morgan fingerprint density at radius 2 is 1.85 bits per heavy atom. The molecule has 0 saturated carbocycles. The Hall–Kier alpha value is -0.120. The molecule has 1 unspecified atom stereocenters. The summed E-state index contributed by atoms with van der Waals surface area (Å²) < 4.78 is 5.84. The Labute approximate surface area is 126 Å². The number of ether oxygens (including phenoxy) is 1. The number of rotatable bonds is 8. The average molecular weight is 284 g/mol. The van der Waals surface area contributed by atoms with Gasteiger partial charge in [0.1, 0.15) is 0 Å². The molecule has 1 rings (SSSR count). The van der Waals surface area contributed by atoms with E-state index in [2.05, 4.69) is 51.8 Å². The first-order valence-corrected chi connectivity index (χ1v) is 8.40. The van der Waals surface area contributed by atoms with Gasteiger partial charge in [-0.05, 0) is 32.6 Å². The molecule has 20 heavy (non-hydrogen) atoms. The number of hydrogen-bond acceptors (Lipinski definition) is 3. The zero-order valence-corrected chi connectivity index (χ0v) is 14.5. The number of hydrogen-bond donors (Lipinski definition) is 1. The highest BCUT2D eigenvalue weighted by Gasteiger charge is 2.35. The van der Waals surface area contributed by atoms with Crippen molar-refractivity contribution in [2.75, 3.05) is 32.8 Å². The van der Waals surface area contributed by atoms with E-state index in [1.54, 1.807) is 0 Å². The predicted molar refractivity (Wildman–Crippen MR) is 87.2 cm³/mol. The van der Waals surface area contributed by atoms with Crippen LogP contribution in [0.15, 0.2) is 0 Å². The topological polar surface area (TPSA) is 24.5 Å². The number of nitrogens with zero attached hydrogens (tertiary/aromatic N) is 1. The molecule has 0 aliphatic carbocycles. The van der Waals surface area contributed by atoms with E-state index in [4.69, 9.17) is 4.74 Å². The van der Waals surface area contributed by atoms with Gasteiger partial charge in [-0.25, -0.2) is 0 Å². The summed E-state index contributed by atoms with van der Waals surface area (Å²) in [4.78, 5) is 2.64. The maximum atomic E-state index is 5.84. The van der Waals surface area contributed by atoms with Crippen molar-refractivity contribution in [1.82, 2.24) is 10.2 Å². The maximum Gasteiger partial charge on any atom is 0.0546 e. The Balaban J connectivity index is 2.70. The highest BCUT2D eigenvalue weighted by molar-refractivity contribution is 4.88. The zero-order valence-electron chi connectivity index (χ0n) is 14.5. The molecule has 1 heterocycles. The Morgan fingerprint density at radius 1 is 1.15 bits per heavy atom. The van der Waals surface area contributed by atoms with Crippen molar-refractivity contribution < 1.29 is 4.74 Å². The molecule has 1 saturated heterocycles. The van der Waals surface area contributed by atoms with Crippen molar-refractivity contribution in [2.24, 2.45) is 11.3 Å². The molecule has 1 atom stereocenters. The molecule has 0 aromatic rings. The van der Waals surface area contributed by atoms with Crippen LogP contribution in [0.25, 0.3) is 0 Å². The molecular weight excluding hydrogens is 248 g/mol. The van der Waals surface area contributed by atoms with Crippen LogP contribution in [-0.4, -0.2) is 49.8 Å². The lowest BCUT2D eigenvalue weighted by Crippen LogP contribution is -2.52. The van der Waals surface area contributed by atoms with Crippen LogP contribution in [0, 0.1) is 11.3 Å². The monoisotopic (exact) mass is 284 g/mol. The minimum atomic E-state index is 0.293. The molecule has 1 aliphatic rings. The second kappa shape index (κ2) is 8.35. The van der Waals surface area contributed by atoms with Gasteiger partial charge < -0.3 is 10.1 Å². The summed E-state index contributed by atoms with van der Waals surface area (Å²) in [5, 5.41) is 3.65. The minimum absolute atomic E-state index is 0.293. The molecule has 0 aromatic carbocycles. The molecule has 3 heteroatoms. The van der Waals surface area contributed by atoms with Crippen LogP contribution in [0.3, 0.4) is 0 Å². The molecule has 0 amide bonds. The molecule has 1 fully saturated rings. The number of nitrogens with one attached hydrogen (secondary N) is 1. The molecule has 1 N–H and O–H groups in total. The molecule has 0 bridgehead atoms. The van der Waals surface area contributed by atoms with Gasteiger partial charge in [-0.2, -0.15) is 0 Å². The summed E-state index contributed by atoms with van der Waals surface area (Å²) in [6.45, 7) is 19.0. The van der Waals surface area contributed by atoms with Crippen LogP contribution in [0.1, 0.15) is 54.4 Å². The van der Waals surface area contributed by atoms with Crippen LogP contribution >= 0.6 is 0 Å². The van der Waals surface area contributed by atoms with E-state index in [9.17, 15) is 0 Å². The third kappa shape index (κ3) is 6.11. The highest BCUT2D eigenvalue weighted by Crippen LogP contribution is 2.30. The lowest BCUT2D eigenvalue weighted by atomic mass is 9.81. The third-order valence-electron chi connectivity index (χ3n) is 4.16. The van der Waals surface area contributed by atoms with Gasteiger partial charge in [-0.1, -0.05) is 27.7 Å². The van der Waals surface area contributed by atoms with E-state index >= 15 is 0 Å². The summed E-state index contributed by atoms with van der Waals surface area (Å²) in [6, 6.07) is 1.15. The van der Waals surface area contributed by atoms with Crippen molar-refractivity contribution >= 4 is 0 Å². The zero-order chi connectivity index (χ0) is 15.2. The van der Waals surface area contributed by atoms with Gasteiger partial charge in [0.25, 0.3) is 0 Å². The van der Waals surface area contributed by atoms with Crippen LogP contribution in [0.5, 0.6) is 0 Å². The second-order valence-electron chi connectivity index (χ2n) is 7.61. The maximum absolute atomic E-state index is 5.84. The molecule has 0 aromatic heterocycles. The van der Waals surface area contributed by atoms with Crippen LogP contribution < -0.4 is 5.32 Å². The van der Waals surface area contributed by atoms with Crippen LogP contribution in [-0.2, 0) is 4.74 Å². The summed E-state index contributed by atoms with van der Waals surface area (Å²) in [7, 11) is 0. The highest BCUT2D eigenvalue weighted by atomic mass is 16.5. The lowest BCUT2D eigenvalue weighted by molar-refractivity contribution is -0.0333. The molecule has 0 radical (unpaired) electrons. The quantitative estimate of drug-likeness (QED) is 0.741. The molecule has 3 nitrogen and oxygen atoms in total. The molecule has 1 aliphatic heterocycles. The minimum Gasteiger partial charge on any atom is -0.381 e. The molecule has 0 spiro atoms. The summed E-state index contributed by atoms with van der Waals surface area (Å²) in [5.74, 6) is 0.719. The SMILES string of the molecule is CC(C)CN(CC1(CNC(C)C)CCCOC1)C(C)C. The van der Waals surface area contributed by atoms with Crippen LogP contribution in [0.4, 0.5) is 0 Å². The van der Waals surface area contributed by atoms with Crippen molar-refractivity contribution in [3.8, 4) is 0 Å². The fourth-order valence-corrected chi connectivity index (χ4v) is 3.01. The summed E-state index contributed by atoms with van der Waals surface area (Å²) in [5.41, 5.74) is 0.293. The van der Waals surface area contributed by atoms with Gasteiger partial charge in [0.15, 0.2) is 0 Å². The normalized spacial score (nSPS) is 24.3. The first kappa shape index (κ1) is 17.9. The van der Waals surface area contributed by atoms with E-state index in [1.165, 1.54) is 19.4 Å². The van der Waals surface area contributed by atoms with Gasteiger partial charge in [-0.3, -0.25) is 4.90 Å². The first-order chi connectivity index (χ1) is 9.34. The fourth-order valence-electron chi connectivity index (χ4n) is 3.01. The third-order valence-corrected chi connectivity index (χ3v) is 4.16. The van der Waals surface area contributed by atoms with Gasteiger partial charge in [0.2, 0.25) is 0 Å². The standard InChI is InChI=1S/C17H36N2O/c1-14(2)10-19(16(5)6)12-17(11-18-15(3)4)8-7-9-20-13-17/h14-16,18H,7-13H2,1-6H3. The van der Waals surface area contributed by atoms with Crippen molar-refractivity contribution in [2.45, 2.75) is 66.5 Å². The Morgan fingerprint density at radius 3 is 2.30 bits per heavy atom.